The van der Waals surface area contributed by atoms with Gasteiger partial charge in [-0.05, 0) is 17.7 Å². The molecule has 2 aromatic rings. The van der Waals surface area contributed by atoms with Crippen LogP contribution in [0.3, 0.4) is 0 Å². The van der Waals surface area contributed by atoms with Crippen molar-refractivity contribution in [3.63, 3.8) is 0 Å². The number of hydrogen-bond donors (Lipinski definition) is 2. The van der Waals surface area contributed by atoms with Crippen molar-refractivity contribution in [2.24, 2.45) is 0 Å². The van der Waals surface area contributed by atoms with Gasteiger partial charge in [0.15, 0.2) is 6.61 Å². The number of imide groups is 1. The molecular weight excluding hydrogens is 410 g/mol. The SMILES string of the molecule is O=C(C[C@H](NC(=O)c1ccccc1Cl)c1ccccc1)OCC(=O)N1CCNC1=O. The monoisotopic (exact) mass is 429 g/mol. The molecule has 3 rings (SSSR count). The minimum absolute atomic E-state index is 0.195. The van der Waals surface area contributed by atoms with Crippen LogP contribution < -0.4 is 10.6 Å². The molecule has 0 aromatic heterocycles. The average Bonchev–Trinajstić information content (AvgIpc) is 3.18. The highest BCUT2D eigenvalue weighted by Crippen LogP contribution is 2.20. The first-order valence-electron chi connectivity index (χ1n) is 9.30. The fourth-order valence-electron chi connectivity index (χ4n) is 2.97. The van der Waals surface area contributed by atoms with E-state index >= 15 is 0 Å². The van der Waals surface area contributed by atoms with Gasteiger partial charge in [-0.1, -0.05) is 54.1 Å². The quantitative estimate of drug-likeness (QED) is 0.657. The molecule has 0 radical (unpaired) electrons. The molecule has 2 aromatic carbocycles. The summed E-state index contributed by atoms with van der Waals surface area (Å²) in [6.45, 7) is 0.0463. The molecule has 1 aliphatic rings. The van der Waals surface area contributed by atoms with Gasteiger partial charge in [-0.3, -0.25) is 19.3 Å². The number of halogens is 1. The molecule has 1 atom stereocenters. The summed E-state index contributed by atoms with van der Waals surface area (Å²) in [5.74, 6) is -1.72. The molecule has 8 nitrogen and oxygen atoms in total. The van der Waals surface area contributed by atoms with Crippen molar-refractivity contribution < 1.29 is 23.9 Å². The van der Waals surface area contributed by atoms with Crippen molar-refractivity contribution in [2.75, 3.05) is 19.7 Å². The molecule has 4 amide bonds. The van der Waals surface area contributed by atoms with Gasteiger partial charge in [0, 0.05) is 13.1 Å². The smallest absolute Gasteiger partial charge is 0.324 e. The lowest BCUT2D eigenvalue weighted by molar-refractivity contribution is -0.151. The number of nitrogens with zero attached hydrogens (tertiary/aromatic N) is 1. The number of nitrogens with one attached hydrogen (secondary N) is 2. The van der Waals surface area contributed by atoms with Gasteiger partial charge in [0.25, 0.3) is 11.8 Å². The van der Waals surface area contributed by atoms with E-state index in [0.717, 1.165) is 4.90 Å². The lowest BCUT2D eigenvalue weighted by atomic mass is 10.0. The van der Waals surface area contributed by atoms with Crippen molar-refractivity contribution in [3.8, 4) is 0 Å². The van der Waals surface area contributed by atoms with Crippen molar-refractivity contribution >= 4 is 35.4 Å². The van der Waals surface area contributed by atoms with Crippen molar-refractivity contribution in [3.05, 3.63) is 70.7 Å². The summed E-state index contributed by atoms with van der Waals surface area (Å²) in [4.78, 5) is 49.5. The predicted molar refractivity (Wildman–Crippen MR) is 109 cm³/mol. The molecule has 0 spiro atoms. The molecule has 1 heterocycles. The Kier molecular flexibility index (Phi) is 7.03. The molecule has 156 valence electrons. The highest BCUT2D eigenvalue weighted by atomic mass is 35.5. The Bertz CT molecular complexity index is 951. The van der Waals surface area contributed by atoms with Crippen LogP contribution in [0.4, 0.5) is 4.79 Å². The maximum absolute atomic E-state index is 12.7. The van der Waals surface area contributed by atoms with Gasteiger partial charge in [0.05, 0.1) is 23.0 Å². The first-order chi connectivity index (χ1) is 14.5. The highest BCUT2D eigenvalue weighted by molar-refractivity contribution is 6.33. The van der Waals surface area contributed by atoms with Crippen LogP contribution in [0, 0.1) is 0 Å². The lowest BCUT2D eigenvalue weighted by Crippen LogP contribution is -2.37. The summed E-state index contributed by atoms with van der Waals surface area (Å²) in [5, 5.41) is 5.58. The molecule has 0 saturated carbocycles. The first-order valence-corrected chi connectivity index (χ1v) is 9.67. The molecule has 0 aliphatic carbocycles. The zero-order valence-electron chi connectivity index (χ0n) is 16.0. The van der Waals surface area contributed by atoms with Crippen molar-refractivity contribution in [1.82, 2.24) is 15.5 Å². The molecular formula is C21H20ClN3O5. The normalized spacial score (nSPS) is 14.0. The van der Waals surface area contributed by atoms with E-state index in [9.17, 15) is 19.2 Å². The second-order valence-electron chi connectivity index (χ2n) is 6.56. The number of carbonyl (C=O) groups excluding carboxylic acids is 4. The number of amides is 4. The molecule has 1 aliphatic heterocycles. The summed E-state index contributed by atoms with van der Waals surface area (Å²) in [6, 6.07) is 14.3. The molecule has 0 unspecified atom stereocenters. The first kappa shape index (κ1) is 21.3. The summed E-state index contributed by atoms with van der Waals surface area (Å²) < 4.78 is 5.04. The van der Waals surface area contributed by atoms with Crippen LogP contribution in [-0.2, 0) is 14.3 Å². The molecule has 0 bridgehead atoms. The van der Waals surface area contributed by atoms with E-state index in [-0.39, 0.29) is 18.5 Å². The number of rotatable bonds is 7. The van der Waals surface area contributed by atoms with Gasteiger partial charge in [0.1, 0.15) is 0 Å². The van der Waals surface area contributed by atoms with E-state index in [4.69, 9.17) is 16.3 Å². The maximum Gasteiger partial charge on any atom is 0.324 e. The van der Waals surface area contributed by atoms with E-state index in [0.29, 0.717) is 17.1 Å². The van der Waals surface area contributed by atoms with Crippen LogP contribution in [0.5, 0.6) is 0 Å². The van der Waals surface area contributed by atoms with Crippen molar-refractivity contribution in [2.45, 2.75) is 12.5 Å². The van der Waals surface area contributed by atoms with Gasteiger partial charge < -0.3 is 15.4 Å². The van der Waals surface area contributed by atoms with E-state index in [1.807, 2.05) is 6.07 Å². The fraction of sp³-hybridized carbons (Fsp3) is 0.238. The minimum atomic E-state index is -0.687. The Labute approximate surface area is 178 Å². The second-order valence-corrected chi connectivity index (χ2v) is 6.97. The summed E-state index contributed by atoms with van der Waals surface area (Å²) in [7, 11) is 0. The third kappa shape index (κ3) is 5.36. The van der Waals surface area contributed by atoms with Crippen molar-refractivity contribution in [1.29, 1.82) is 0 Å². The zero-order chi connectivity index (χ0) is 21.5. The molecule has 30 heavy (non-hydrogen) atoms. The van der Waals surface area contributed by atoms with Gasteiger partial charge in [-0.25, -0.2) is 4.79 Å². The average molecular weight is 430 g/mol. The van der Waals surface area contributed by atoms with Gasteiger partial charge in [-0.15, -0.1) is 0 Å². The van der Waals surface area contributed by atoms with E-state index in [1.54, 1.807) is 48.5 Å². The molecule has 1 fully saturated rings. The minimum Gasteiger partial charge on any atom is -0.455 e. The van der Waals surface area contributed by atoms with Crippen LogP contribution in [0.25, 0.3) is 0 Å². The number of hydrogen-bond acceptors (Lipinski definition) is 5. The highest BCUT2D eigenvalue weighted by Gasteiger charge is 2.27. The second kappa shape index (κ2) is 9.89. The van der Waals surface area contributed by atoms with E-state index < -0.39 is 36.5 Å². The van der Waals surface area contributed by atoms with E-state index in [1.165, 1.54) is 0 Å². The van der Waals surface area contributed by atoms with Crippen LogP contribution in [0.2, 0.25) is 5.02 Å². The van der Waals surface area contributed by atoms with Crippen LogP contribution in [0.1, 0.15) is 28.4 Å². The number of carbonyl (C=O) groups is 4. The van der Waals surface area contributed by atoms with Crippen LogP contribution in [0.15, 0.2) is 54.6 Å². The van der Waals surface area contributed by atoms with Gasteiger partial charge >= 0.3 is 12.0 Å². The topological polar surface area (TPSA) is 105 Å². The largest absolute Gasteiger partial charge is 0.455 e. The van der Waals surface area contributed by atoms with E-state index in [2.05, 4.69) is 10.6 Å². The zero-order valence-corrected chi connectivity index (χ0v) is 16.7. The number of ether oxygens (including phenoxy) is 1. The Morgan fingerprint density at radius 3 is 2.47 bits per heavy atom. The maximum atomic E-state index is 12.7. The van der Waals surface area contributed by atoms with Gasteiger partial charge in [0.2, 0.25) is 0 Å². The molecule has 2 N–H and O–H groups in total. The Morgan fingerprint density at radius 1 is 1.10 bits per heavy atom. The third-order valence-electron chi connectivity index (χ3n) is 4.51. The van der Waals surface area contributed by atoms with Crippen LogP contribution >= 0.6 is 11.6 Å². The summed E-state index contributed by atoms with van der Waals surface area (Å²) >= 11 is 6.09. The van der Waals surface area contributed by atoms with Gasteiger partial charge in [-0.2, -0.15) is 0 Å². The Hall–Kier alpha value is -3.39. The third-order valence-corrected chi connectivity index (χ3v) is 4.84. The lowest BCUT2D eigenvalue weighted by Gasteiger charge is -2.19. The molecule has 1 saturated heterocycles. The number of esters is 1. The Morgan fingerprint density at radius 2 is 1.80 bits per heavy atom. The molecule has 9 heteroatoms. The standard InChI is InChI=1S/C21H20ClN3O5/c22-16-9-5-4-8-15(16)20(28)24-17(14-6-2-1-3-7-14)12-19(27)30-13-18(26)25-11-10-23-21(25)29/h1-9,17H,10-13H2,(H,23,29)(H,24,28)/t17-/m0/s1. The van der Waals surface area contributed by atoms with Crippen LogP contribution in [-0.4, -0.2) is 48.4 Å². The summed E-state index contributed by atoms with van der Waals surface area (Å²) in [5.41, 5.74) is 0.976. The number of benzene rings is 2. The predicted octanol–water partition coefficient (Wildman–Crippen LogP) is 2.30. The summed E-state index contributed by atoms with van der Waals surface area (Å²) in [6.07, 6.45) is -0.195. The Balaban J connectivity index is 1.65. The number of urea groups is 1. The fourth-order valence-corrected chi connectivity index (χ4v) is 3.20.